The van der Waals surface area contributed by atoms with Crippen molar-refractivity contribution >= 4 is 5.97 Å². The highest BCUT2D eigenvalue weighted by atomic mass is 16.5. The van der Waals surface area contributed by atoms with Gasteiger partial charge in [-0.05, 0) is 87.9 Å². The summed E-state index contributed by atoms with van der Waals surface area (Å²) in [5.74, 6) is 4.07. The molecule has 0 aliphatic heterocycles. The number of rotatable bonds is 9. The molecule has 3 aliphatic rings. The zero-order chi connectivity index (χ0) is 20.5. The summed E-state index contributed by atoms with van der Waals surface area (Å²) in [5, 5.41) is 0. The van der Waals surface area contributed by atoms with Crippen LogP contribution in [0.4, 0.5) is 0 Å². The Morgan fingerprint density at radius 3 is 1.79 bits per heavy atom. The average Bonchev–Trinajstić information content (AvgIpc) is 2.76. The van der Waals surface area contributed by atoms with Gasteiger partial charge in [0.05, 0.1) is 5.92 Å². The van der Waals surface area contributed by atoms with E-state index in [1.165, 1.54) is 89.9 Å². The van der Waals surface area contributed by atoms with Crippen molar-refractivity contribution in [2.24, 2.45) is 29.6 Å². The van der Waals surface area contributed by atoms with E-state index in [0.29, 0.717) is 0 Å². The summed E-state index contributed by atoms with van der Waals surface area (Å²) in [6.07, 6.45) is 23.8. The quantitative estimate of drug-likeness (QED) is 0.287. The number of hydrogen-bond donors (Lipinski definition) is 0. The molecular formula is C27H48O2. The molecule has 2 nitrogen and oxygen atoms in total. The second-order valence-electron chi connectivity index (χ2n) is 10.8. The summed E-state index contributed by atoms with van der Waals surface area (Å²) < 4.78 is 5.99. The fourth-order valence-corrected chi connectivity index (χ4v) is 6.66. The van der Waals surface area contributed by atoms with Crippen molar-refractivity contribution in [1.82, 2.24) is 0 Å². The van der Waals surface area contributed by atoms with Crippen LogP contribution in [0.2, 0.25) is 0 Å². The molecule has 0 aromatic heterocycles. The standard InChI is InChI=1S/C27H48O2/c1-3-5-6-8-22-11-19-26(20-12-22)29-27(28)25-17-15-24(16-18-25)23-13-9-21(7-4-2)10-14-23/h21-26H,3-20H2,1-2H3/t21-,22-,23-,24?,25?,26-. The van der Waals surface area contributed by atoms with Gasteiger partial charge in [-0.3, -0.25) is 4.79 Å². The maximum Gasteiger partial charge on any atom is 0.309 e. The molecular weight excluding hydrogens is 356 g/mol. The molecule has 0 aromatic rings. The Balaban J connectivity index is 1.30. The highest BCUT2D eigenvalue weighted by Crippen LogP contribution is 2.42. The zero-order valence-electron chi connectivity index (χ0n) is 19.5. The highest BCUT2D eigenvalue weighted by molar-refractivity contribution is 5.72. The van der Waals surface area contributed by atoms with E-state index >= 15 is 0 Å². The maximum atomic E-state index is 12.7. The minimum Gasteiger partial charge on any atom is -0.462 e. The molecule has 0 N–H and O–H groups in total. The second kappa shape index (κ2) is 12.4. The van der Waals surface area contributed by atoms with Crippen LogP contribution in [0.15, 0.2) is 0 Å². The lowest BCUT2D eigenvalue weighted by molar-refractivity contribution is -0.157. The first-order valence-corrected chi connectivity index (χ1v) is 13.4. The van der Waals surface area contributed by atoms with Crippen LogP contribution < -0.4 is 0 Å². The Morgan fingerprint density at radius 1 is 0.655 bits per heavy atom. The van der Waals surface area contributed by atoms with Crippen LogP contribution in [-0.2, 0) is 9.53 Å². The first-order chi connectivity index (χ1) is 14.2. The monoisotopic (exact) mass is 404 g/mol. The van der Waals surface area contributed by atoms with E-state index < -0.39 is 0 Å². The van der Waals surface area contributed by atoms with Gasteiger partial charge in [-0.1, -0.05) is 65.2 Å². The Labute approximate surface area is 180 Å². The maximum absolute atomic E-state index is 12.7. The molecule has 3 fully saturated rings. The molecule has 0 atom stereocenters. The summed E-state index contributed by atoms with van der Waals surface area (Å²) in [5.41, 5.74) is 0. The normalized spacial score (nSPS) is 35.9. The first-order valence-electron chi connectivity index (χ1n) is 13.4. The van der Waals surface area contributed by atoms with Gasteiger partial charge in [-0.15, -0.1) is 0 Å². The Kier molecular flexibility index (Phi) is 9.86. The van der Waals surface area contributed by atoms with E-state index in [2.05, 4.69) is 13.8 Å². The summed E-state index contributed by atoms with van der Waals surface area (Å²) in [7, 11) is 0. The fourth-order valence-electron chi connectivity index (χ4n) is 6.66. The van der Waals surface area contributed by atoms with Crippen LogP contribution >= 0.6 is 0 Å². The molecule has 0 spiro atoms. The van der Waals surface area contributed by atoms with Crippen LogP contribution in [0.1, 0.15) is 129 Å². The molecule has 3 rings (SSSR count). The van der Waals surface area contributed by atoms with Crippen LogP contribution in [0, 0.1) is 29.6 Å². The number of esters is 1. The van der Waals surface area contributed by atoms with E-state index in [-0.39, 0.29) is 18.0 Å². The molecule has 0 amide bonds. The summed E-state index contributed by atoms with van der Waals surface area (Å²) in [4.78, 5) is 12.7. The topological polar surface area (TPSA) is 26.3 Å². The molecule has 3 saturated carbocycles. The molecule has 3 aliphatic carbocycles. The van der Waals surface area contributed by atoms with Crippen molar-refractivity contribution in [2.75, 3.05) is 0 Å². The van der Waals surface area contributed by atoms with E-state index in [1.807, 2.05) is 0 Å². The smallest absolute Gasteiger partial charge is 0.309 e. The third-order valence-corrected chi connectivity index (χ3v) is 8.65. The largest absolute Gasteiger partial charge is 0.462 e. The molecule has 0 heterocycles. The lowest BCUT2D eigenvalue weighted by atomic mass is 9.69. The summed E-state index contributed by atoms with van der Waals surface area (Å²) >= 11 is 0. The lowest BCUT2D eigenvalue weighted by Crippen LogP contribution is -2.32. The minimum absolute atomic E-state index is 0.143. The van der Waals surface area contributed by atoms with Crippen molar-refractivity contribution < 1.29 is 9.53 Å². The number of ether oxygens (including phenoxy) is 1. The van der Waals surface area contributed by atoms with Crippen LogP contribution in [0.5, 0.6) is 0 Å². The van der Waals surface area contributed by atoms with Crippen molar-refractivity contribution in [3.63, 3.8) is 0 Å². The van der Waals surface area contributed by atoms with E-state index in [0.717, 1.165) is 49.4 Å². The van der Waals surface area contributed by atoms with E-state index in [4.69, 9.17) is 4.74 Å². The van der Waals surface area contributed by atoms with Crippen LogP contribution in [0.25, 0.3) is 0 Å². The van der Waals surface area contributed by atoms with Gasteiger partial charge in [0.15, 0.2) is 0 Å². The Morgan fingerprint density at radius 2 is 1.21 bits per heavy atom. The van der Waals surface area contributed by atoms with Gasteiger partial charge in [0.2, 0.25) is 0 Å². The Bertz CT molecular complexity index is 449. The summed E-state index contributed by atoms with van der Waals surface area (Å²) in [6, 6.07) is 0. The number of carbonyl (C=O) groups excluding carboxylic acids is 1. The van der Waals surface area contributed by atoms with Crippen LogP contribution in [-0.4, -0.2) is 12.1 Å². The molecule has 168 valence electrons. The van der Waals surface area contributed by atoms with Gasteiger partial charge >= 0.3 is 5.97 Å². The van der Waals surface area contributed by atoms with Gasteiger partial charge in [-0.25, -0.2) is 0 Å². The SMILES string of the molecule is CCCCC[C@H]1CC[C@H](OC(=O)C2CCC([C@H]3CC[C@H](CCC)CC3)CC2)CC1. The minimum atomic E-state index is 0.143. The number of carbonyl (C=O) groups is 1. The average molecular weight is 405 g/mol. The lowest BCUT2D eigenvalue weighted by Gasteiger charge is -2.37. The third kappa shape index (κ3) is 7.28. The van der Waals surface area contributed by atoms with Crippen molar-refractivity contribution in [3.05, 3.63) is 0 Å². The highest BCUT2D eigenvalue weighted by Gasteiger charge is 2.34. The molecule has 29 heavy (non-hydrogen) atoms. The van der Waals surface area contributed by atoms with E-state index in [9.17, 15) is 4.79 Å². The van der Waals surface area contributed by atoms with Gasteiger partial charge in [0, 0.05) is 0 Å². The molecule has 0 saturated heterocycles. The summed E-state index contributed by atoms with van der Waals surface area (Å²) in [6.45, 7) is 4.60. The number of unbranched alkanes of at least 4 members (excludes halogenated alkanes) is 2. The second-order valence-corrected chi connectivity index (χ2v) is 10.8. The molecule has 0 bridgehead atoms. The van der Waals surface area contributed by atoms with E-state index in [1.54, 1.807) is 0 Å². The zero-order valence-corrected chi connectivity index (χ0v) is 19.5. The predicted molar refractivity (Wildman–Crippen MR) is 122 cm³/mol. The molecule has 0 radical (unpaired) electrons. The van der Waals surface area contributed by atoms with Gasteiger partial charge in [-0.2, -0.15) is 0 Å². The van der Waals surface area contributed by atoms with Crippen LogP contribution in [0.3, 0.4) is 0 Å². The predicted octanol–water partition coefficient (Wildman–Crippen LogP) is 8.08. The van der Waals surface area contributed by atoms with Gasteiger partial charge < -0.3 is 4.74 Å². The first kappa shape index (κ1) is 23.1. The van der Waals surface area contributed by atoms with Gasteiger partial charge in [0.25, 0.3) is 0 Å². The van der Waals surface area contributed by atoms with Crippen molar-refractivity contribution in [2.45, 2.75) is 136 Å². The molecule has 2 heteroatoms. The van der Waals surface area contributed by atoms with Crippen molar-refractivity contribution in [1.29, 1.82) is 0 Å². The third-order valence-electron chi connectivity index (χ3n) is 8.65. The number of hydrogen-bond acceptors (Lipinski definition) is 2. The fraction of sp³-hybridized carbons (Fsp3) is 0.963. The Hall–Kier alpha value is -0.530. The van der Waals surface area contributed by atoms with Crippen molar-refractivity contribution in [3.8, 4) is 0 Å². The molecule has 0 aromatic carbocycles. The van der Waals surface area contributed by atoms with Gasteiger partial charge in [0.1, 0.15) is 6.10 Å². The molecule has 0 unspecified atom stereocenters.